The van der Waals surface area contributed by atoms with E-state index in [4.69, 9.17) is 10.5 Å². The van der Waals surface area contributed by atoms with Crippen LogP contribution in [0.4, 0.5) is 0 Å². The van der Waals surface area contributed by atoms with Gasteiger partial charge >= 0.3 is 0 Å². The van der Waals surface area contributed by atoms with Crippen LogP contribution in [-0.2, 0) is 10.3 Å². The second kappa shape index (κ2) is 2.55. The molecule has 11 heavy (non-hydrogen) atoms. The highest BCUT2D eigenvalue weighted by atomic mass is 79.9. The maximum absolute atomic E-state index is 6.00. The fourth-order valence-corrected chi connectivity index (χ4v) is 2.55. The Balaban J connectivity index is 2.28. The zero-order valence-electron chi connectivity index (χ0n) is 5.84. The first-order valence-electron chi connectivity index (χ1n) is 3.32. The van der Waals surface area contributed by atoms with Crippen LogP contribution in [0.25, 0.3) is 0 Å². The smallest absolute Gasteiger partial charge is 0.0976 e. The second-order valence-electron chi connectivity index (χ2n) is 2.78. The van der Waals surface area contributed by atoms with Gasteiger partial charge < -0.3 is 10.5 Å². The third-order valence-electron chi connectivity index (χ3n) is 1.78. The van der Waals surface area contributed by atoms with Gasteiger partial charge in [-0.05, 0) is 22.0 Å². The molecule has 2 rings (SSSR count). The summed E-state index contributed by atoms with van der Waals surface area (Å²) in [6, 6.07) is 2.06. The van der Waals surface area contributed by atoms with Crippen LogP contribution >= 0.6 is 27.3 Å². The molecule has 0 saturated carbocycles. The van der Waals surface area contributed by atoms with Crippen molar-refractivity contribution >= 4 is 27.3 Å². The molecule has 0 aliphatic carbocycles. The van der Waals surface area contributed by atoms with Gasteiger partial charge in [-0.2, -0.15) is 0 Å². The molecule has 60 valence electrons. The zero-order valence-corrected chi connectivity index (χ0v) is 8.24. The van der Waals surface area contributed by atoms with E-state index in [0.29, 0.717) is 13.2 Å². The number of halogens is 1. The first kappa shape index (κ1) is 7.73. The lowest BCUT2D eigenvalue weighted by atomic mass is 9.97. The fraction of sp³-hybridized carbons (Fsp3) is 0.429. The SMILES string of the molecule is NC1(c2cc(Br)cs2)COC1. The Morgan fingerprint density at radius 3 is 2.73 bits per heavy atom. The maximum atomic E-state index is 6.00. The molecule has 0 amide bonds. The first-order valence-corrected chi connectivity index (χ1v) is 4.99. The number of hydrogen-bond donors (Lipinski definition) is 1. The van der Waals surface area contributed by atoms with E-state index in [0.717, 1.165) is 4.47 Å². The van der Waals surface area contributed by atoms with Crippen molar-refractivity contribution in [3.05, 3.63) is 20.8 Å². The molecule has 1 aromatic heterocycles. The summed E-state index contributed by atoms with van der Waals surface area (Å²) in [6.07, 6.45) is 0. The topological polar surface area (TPSA) is 35.2 Å². The molecule has 0 unspecified atom stereocenters. The lowest BCUT2D eigenvalue weighted by Gasteiger charge is -2.36. The molecule has 1 aliphatic rings. The first-order chi connectivity index (χ1) is 5.21. The molecule has 0 spiro atoms. The van der Waals surface area contributed by atoms with Crippen LogP contribution < -0.4 is 5.73 Å². The molecule has 0 atom stereocenters. The lowest BCUT2D eigenvalue weighted by Crippen LogP contribution is -2.53. The van der Waals surface area contributed by atoms with Gasteiger partial charge in [0.15, 0.2) is 0 Å². The molecule has 1 aliphatic heterocycles. The Morgan fingerprint density at radius 2 is 2.36 bits per heavy atom. The van der Waals surface area contributed by atoms with Gasteiger partial charge in [-0.1, -0.05) is 0 Å². The number of ether oxygens (including phenoxy) is 1. The Bertz CT molecular complexity index is 269. The largest absolute Gasteiger partial charge is 0.377 e. The predicted octanol–water partition coefficient (Wildman–Crippen LogP) is 1.69. The maximum Gasteiger partial charge on any atom is 0.0976 e. The van der Waals surface area contributed by atoms with E-state index in [2.05, 4.69) is 22.0 Å². The van der Waals surface area contributed by atoms with Crippen molar-refractivity contribution in [1.29, 1.82) is 0 Å². The third-order valence-corrected chi connectivity index (χ3v) is 3.69. The molecule has 0 bridgehead atoms. The van der Waals surface area contributed by atoms with Crippen molar-refractivity contribution in [2.45, 2.75) is 5.54 Å². The molecule has 1 fully saturated rings. The van der Waals surface area contributed by atoms with Crippen LogP contribution in [0.15, 0.2) is 15.9 Å². The quantitative estimate of drug-likeness (QED) is 0.802. The minimum Gasteiger partial charge on any atom is -0.377 e. The molecule has 1 aromatic rings. The molecular formula is C7H8BrNOS. The minimum atomic E-state index is -0.198. The summed E-state index contributed by atoms with van der Waals surface area (Å²) < 4.78 is 6.17. The minimum absolute atomic E-state index is 0.198. The van der Waals surface area contributed by atoms with E-state index < -0.39 is 0 Å². The van der Waals surface area contributed by atoms with Gasteiger partial charge in [-0.25, -0.2) is 0 Å². The van der Waals surface area contributed by atoms with Crippen LogP contribution in [0.2, 0.25) is 0 Å². The summed E-state index contributed by atoms with van der Waals surface area (Å²) in [4.78, 5) is 1.20. The summed E-state index contributed by atoms with van der Waals surface area (Å²) >= 11 is 5.07. The Hall–Kier alpha value is 0.1000. The molecular weight excluding hydrogens is 226 g/mol. The van der Waals surface area contributed by atoms with E-state index in [1.54, 1.807) is 11.3 Å². The Morgan fingerprint density at radius 1 is 1.64 bits per heavy atom. The number of thiophene rings is 1. The van der Waals surface area contributed by atoms with E-state index in [1.807, 2.05) is 5.38 Å². The van der Waals surface area contributed by atoms with E-state index >= 15 is 0 Å². The normalized spacial score (nSPS) is 21.3. The Kier molecular flexibility index (Phi) is 1.79. The van der Waals surface area contributed by atoms with Crippen molar-refractivity contribution < 1.29 is 4.74 Å². The predicted molar refractivity (Wildman–Crippen MR) is 48.7 cm³/mol. The lowest BCUT2D eigenvalue weighted by molar-refractivity contribution is -0.0550. The van der Waals surface area contributed by atoms with Gasteiger partial charge in [0.05, 0.1) is 18.8 Å². The highest BCUT2D eigenvalue weighted by Gasteiger charge is 2.37. The number of rotatable bonds is 1. The number of nitrogens with two attached hydrogens (primary N) is 1. The van der Waals surface area contributed by atoms with Gasteiger partial charge in [-0.15, -0.1) is 11.3 Å². The zero-order chi connectivity index (χ0) is 7.90. The van der Waals surface area contributed by atoms with Gasteiger partial charge in [0.1, 0.15) is 0 Å². The van der Waals surface area contributed by atoms with Crippen molar-refractivity contribution in [2.75, 3.05) is 13.2 Å². The summed E-state index contributed by atoms with van der Waals surface area (Å²) in [5.41, 5.74) is 5.80. The van der Waals surface area contributed by atoms with Crippen LogP contribution in [0, 0.1) is 0 Å². The third kappa shape index (κ3) is 1.24. The highest BCUT2D eigenvalue weighted by Crippen LogP contribution is 2.33. The highest BCUT2D eigenvalue weighted by molar-refractivity contribution is 9.10. The summed E-state index contributed by atoms with van der Waals surface area (Å²) in [7, 11) is 0. The standard InChI is InChI=1S/C7H8BrNOS/c8-5-1-6(11-2-5)7(9)3-10-4-7/h1-2H,3-4,9H2. The van der Waals surface area contributed by atoms with Crippen LogP contribution in [0.5, 0.6) is 0 Å². The molecule has 0 aromatic carbocycles. The van der Waals surface area contributed by atoms with Gasteiger partial charge in [0.25, 0.3) is 0 Å². The second-order valence-corrected chi connectivity index (χ2v) is 4.61. The molecule has 4 heteroatoms. The Labute approximate surface area is 77.5 Å². The molecule has 2 heterocycles. The van der Waals surface area contributed by atoms with E-state index in [-0.39, 0.29) is 5.54 Å². The monoisotopic (exact) mass is 233 g/mol. The average molecular weight is 234 g/mol. The van der Waals surface area contributed by atoms with Gasteiger partial charge in [0.2, 0.25) is 0 Å². The van der Waals surface area contributed by atoms with Crippen LogP contribution in [0.3, 0.4) is 0 Å². The molecule has 1 saturated heterocycles. The average Bonchev–Trinajstić information content (AvgIpc) is 2.31. The summed E-state index contributed by atoms with van der Waals surface area (Å²) in [6.45, 7) is 1.31. The summed E-state index contributed by atoms with van der Waals surface area (Å²) in [5.74, 6) is 0. The van der Waals surface area contributed by atoms with Crippen LogP contribution in [0.1, 0.15) is 4.88 Å². The van der Waals surface area contributed by atoms with Gasteiger partial charge in [-0.3, -0.25) is 0 Å². The van der Waals surface area contributed by atoms with Crippen LogP contribution in [-0.4, -0.2) is 13.2 Å². The van der Waals surface area contributed by atoms with Crippen molar-refractivity contribution in [3.63, 3.8) is 0 Å². The van der Waals surface area contributed by atoms with Crippen molar-refractivity contribution in [1.82, 2.24) is 0 Å². The van der Waals surface area contributed by atoms with E-state index in [1.165, 1.54) is 4.88 Å². The van der Waals surface area contributed by atoms with Gasteiger partial charge in [0, 0.05) is 14.7 Å². The molecule has 2 nitrogen and oxygen atoms in total. The van der Waals surface area contributed by atoms with Crippen molar-refractivity contribution in [3.8, 4) is 0 Å². The molecule has 0 radical (unpaired) electrons. The van der Waals surface area contributed by atoms with E-state index in [9.17, 15) is 0 Å². The molecule has 2 N–H and O–H groups in total. The number of hydrogen-bond acceptors (Lipinski definition) is 3. The summed E-state index contributed by atoms with van der Waals surface area (Å²) in [5, 5.41) is 2.04. The van der Waals surface area contributed by atoms with Crippen molar-refractivity contribution in [2.24, 2.45) is 5.73 Å². The fourth-order valence-electron chi connectivity index (χ4n) is 1.04.